The van der Waals surface area contributed by atoms with Gasteiger partial charge in [0.1, 0.15) is 12.4 Å². The minimum Gasteiger partial charge on any atom is -0.546 e. The average Bonchev–Trinajstić information content (AvgIpc) is 2.88. The molecule has 1 fully saturated rings. The van der Waals surface area contributed by atoms with E-state index in [0.717, 1.165) is 11.8 Å². The summed E-state index contributed by atoms with van der Waals surface area (Å²) in [4.78, 5) is 29.1. The van der Waals surface area contributed by atoms with E-state index in [2.05, 4.69) is 4.98 Å². The summed E-state index contributed by atoms with van der Waals surface area (Å²) in [6.07, 6.45) is 4.80. The predicted octanol–water partition coefficient (Wildman–Crippen LogP) is 1.62. The lowest BCUT2D eigenvalue weighted by Gasteiger charge is -2.13. The Kier molecular flexibility index (Phi) is 5.11. The molecule has 0 unspecified atom stereocenters. The molecule has 0 bridgehead atoms. The second-order valence-corrected chi connectivity index (χ2v) is 6.60. The van der Waals surface area contributed by atoms with Gasteiger partial charge in [-0.15, -0.1) is 0 Å². The molecule has 126 valence electrons. The van der Waals surface area contributed by atoms with E-state index in [1.165, 1.54) is 4.90 Å². The van der Waals surface area contributed by atoms with Crippen LogP contribution < -0.4 is 14.7 Å². The van der Waals surface area contributed by atoms with E-state index in [1.807, 2.05) is 0 Å². The lowest BCUT2D eigenvalue weighted by Crippen LogP contribution is -2.29. The molecule has 2 aromatic rings. The SMILES string of the molecule is O=C([O-])COc1ccccc1/C=C1\SC(=S)N(c2cccnc2)C1=O. The Hall–Kier alpha value is -2.71. The molecule has 8 heteroatoms. The average molecular weight is 371 g/mol. The number of carbonyl (C=O) groups is 2. The van der Waals surface area contributed by atoms with E-state index in [0.29, 0.717) is 26.2 Å². The van der Waals surface area contributed by atoms with Crippen molar-refractivity contribution in [3.8, 4) is 5.75 Å². The number of carboxylic acids is 1. The number of nitrogens with zero attached hydrogens (tertiary/aromatic N) is 2. The number of pyridine rings is 1. The van der Waals surface area contributed by atoms with E-state index in [1.54, 1.807) is 54.9 Å². The Balaban J connectivity index is 1.89. The minimum absolute atomic E-state index is 0.266. The Labute approximate surface area is 153 Å². The maximum absolute atomic E-state index is 12.7. The summed E-state index contributed by atoms with van der Waals surface area (Å²) in [6.45, 7) is -0.568. The van der Waals surface area contributed by atoms with Crippen molar-refractivity contribution in [2.24, 2.45) is 0 Å². The molecule has 0 saturated carbocycles. The molecular formula is C17H11N2O4S2-. The lowest BCUT2D eigenvalue weighted by atomic mass is 10.2. The van der Waals surface area contributed by atoms with Crippen LogP contribution in [-0.2, 0) is 9.59 Å². The standard InChI is InChI=1S/C17H12N2O4S2/c20-15(21)10-23-13-6-2-1-4-11(13)8-14-16(22)19(17(24)25-14)12-5-3-7-18-9-12/h1-9H,10H2,(H,20,21)/p-1/b14-8-. The number of thioether (sulfide) groups is 1. The number of thiocarbonyl (C=S) groups is 1. The van der Waals surface area contributed by atoms with Crippen LogP contribution in [0, 0.1) is 0 Å². The minimum atomic E-state index is -1.32. The van der Waals surface area contributed by atoms with Gasteiger partial charge in [0, 0.05) is 11.8 Å². The first kappa shape index (κ1) is 17.1. The molecule has 0 N–H and O–H groups in total. The van der Waals surface area contributed by atoms with Gasteiger partial charge in [0.2, 0.25) is 0 Å². The molecule has 1 saturated heterocycles. The van der Waals surface area contributed by atoms with Crippen molar-refractivity contribution in [1.82, 2.24) is 4.98 Å². The van der Waals surface area contributed by atoms with Gasteiger partial charge in [-0.05, 0) is 24.3 Å². The number of para-hydroxylation sites is 1. The summed E-state index contributed by atoms with van der Waals surface area (Å²) in [6, 6.07) is 10.3. The van der Waals surface area contributed by atoms with Crippen LogP contribution in [0.5, 0.6) is 5.75 Å². The lowest BCUT2D eigenvalue weighted by molar-refractivity contribution is -0.307. The predicted molar refractivity (Wildman–Crippen MR) is 96.8 cm³/mol. The van der Waals surface area contributed by atoms with Crippen LogP contribution in [0.2, 0.25) is 0 Å². The summed E-state index contributed by atoms with van der Waals surface area (Å²) in [5.74, 6) is -1.24. The van der Waals surface area contributed by atoms with E-state index in [-0.39, 0.29) is 5.91 Å². The molecule has 1 amide bonds. The number of hydrogen-bond acceptors (Lipinski definition) is 7. The van der Waals surface area contributed by atoms with Gasteiger partial charge in [0.25, 0.3) is 5.91 Å². The maximum Gasteiger partial charge on any atom is 0.270 e. The smallest absolute Gasteiger partial charge is 0.270 e. The van der Waals surface area contributed by atoms with E-state index >= 15 is 0 Å². The first-order valence-corrected chi connectivity index (χ1v) is 8.38. The number of carboxylic acid groups (broad SMARTS) is 1. The summed E-state index contributed by atoms with van der Waals surface area (Å²) in [7, 11) is 0. The fourth-order valence-electron chi connectivity index (χ4n) is 2.19. The first-order valence-electron chi connectivity index (χ1n) is 7.16. The Bertz CT molecular complexity index is 868. The Morgan fingerprint density at radius 3 is 2.84 bits per heavy atom. The van der Waals surface area contributed by atoms with Crippen molar-refractivity contribution in [3.05, 3.63) is 59.3 Å². The highest BCUT2D eigenvalue weighted by atomic mass is 32.2. The van der Waals surface area contributed by atoms with E-state index in [9.17, 15) is 14.7 Å². The number of hydrogen-bond donors (Lipinski definition) is 0. The van der Waals surface area contributed by atoms with Gasteiger partial charge >= 0.3 is 0 Å². The number of aromatic nitrogens is 1. The molecule has 0 radical (unpaired) electrons. The highest BCUT2D eigenvalue weighted by Gasteiger charge is 2.33. The Morgan fingerprint density at radius 1 is 1.32 bits per heavy atom. The van der Waals surface area contributed by atoms with Crippen LogP contribution in [-0.4, -0.2) is 27.8 Å². The topological polar surface area (TPSA) is 82.6 Å². The number of carbonyl (C=O) groups excluding carboxylic acids is 2. The zero-order valence-electron chi connectivity index (χ0n) is 12.7. The first-order chi connectivity index (χ1) is 12.1. The highest BCUT2D eigenvalue weighted by Crippen LogP contribution is 2.36. The van der Waals surface area contributed by atoms with Crippen LogP contribution in [0.4, 0.5) is 5.69 Å². The molecule has 1 aromatic heterocycles. The number of aliphatic carboxylic acids is 1. The van der Waals surface area contributed by atoms with Crippen molar-refractivity contribution in [2.75, 3.05) is 11.5 Å². The molecule has 6 nitrogen and oxygen atoms in total. The molecule has 0 spiro atoms. The van der Waals surface area contributed by atoms with E-state index < -0.39 is 12.6 Å². The van der Waals surface area contributed by atoms with Crippen molar-refractivity contribution in [1.29, 1.82) is 0 Å². The number of benzene rings is 1. The largest absolute Gasteiger partial charge is 0.546 e. The molecule has 0 aliphatic carbocycles. The Morgan fingerprint density at radius 2 is 2.12 bits per heavy atom. The third-order valence-electron chi connectivity index (χ3n) is 3.25. The molecular weight excluding hydrogens is 360 g/mol. The summed E-state index contributed by atoms with van der Waals surface area (Å²) in [5.41, 5.74) is 1.17. The van der Waals surface area contributed by atoms with E-state index in [4.69, 9.17) is 17.0 Å². The van der Waals surface area contributed by atoms with Gasteiger partial charge in [-0.2, -0.15) is 0 Å². The van der Waals surface area contributed by atoms with Crippen LogP contribution >= 0.6 is 24.0 Å². The molecule has 1 aliphatic rings. The van der Waals surface area contributed by atoms with Crippen molar-refractivity contribution in [3.63, 3.8) is 0 Å². The van der Waals surface area contributed by atoms with Gasteiger partial charge in [-0.1, -0.05) is 42.2 Å². The molecule has 1 aliphatic heterocycles. The summed E-state index contributed by atoms with van der Waals surface area (Å²) < 4.78 is 5.60. The molecule has 25 heavy (non-hydrogen) atoms. The van der Waals surface area contributed by atoms with Gasteiger partial charge in [0.15, 0.2) is 4.32 Å². The zero-order valence-corrected chi connectivity index (χ0v) is 14.4. The fourth-order valence-corrected chi connectivity index (χ4v) is 3.48. The quantitative estimate of drug-likeness (QED) is 0.583. The number of ether oxygens (including phenoxy) is 1. The number of rotatable bonds is 5. The number of amides is 1. The molecule has 0 atom stereocenters. The summed E-state index contributed by atoms with van der Waals surface area (Å²) >= 11 is 6.45. The maximum atomic E-state index is 12.7. The zero-order chi connectivity index (χ0) is 17.8. The molecule has 1 aromatic carbocycles. The normalized spacial score (nSPS) is 15.7. The second-order valence-electron chi connectivity index (χ2n) is 4.93. The van der Waals surface area contributed by atoms with Crippen LogP contribution in [0.1, 0.15) is 5.56 Å². The molecule has 3 rings (SSSR count). The van der Waals surface area contributed by atoms with Crippen molar-refractivity contribution in [2.45, 2.75) is 0 Å². The highest BCUT2D eigenvalue weighted by molar-refractivity contribution is 8.27. The van der Waals surface area contributed by atoms with Crippen LogP contribution in [0.3, 0.4) is 0 Å². The van der Waals surface area contributed by atoms with Gasteiger partial charge < -0.3 is 14.6 Å². The monoisotopic (exact) mass is 371 g/mol. The summed E-state index contributed by atoms with van der Waals surface area (Å²) in [5, 5.41) is 10.6. The third kappa shape index (κ3) is 3.86. The third-order valence-corrected chi connectivity index (χ3v) is 4.55. The van der Waals surface area contributed by atoms with Gasteiger partial charge in [0.05, 0.1) is 22.8 Å². The second kappa shape index (κ2) is 7.45. The van der Waals surface area contributed by atoms with Crippen molar-refractivity contribution < 1.29 is 19.4 Å². The number of anilines is 1. The molecule has 2 heterocycles. The van der Waals surface area contributed by atoms with Gasteiger partial charge in [-0.3, -0.25) is 14.7 Å². The van der Waals surface area contributed by atoms with Crippen LogP contribution in [0.25, 0.3) is 6.08 Å². The fraction of sp³-hybridized carbons (Fsp3) is 0.0588. The van der Waals surface area contributed by atoms with Crippen LogP contribution in [0.15, 0.2) is 53.7 Å². The van der Waals surface area contributed by atoms with Crippen molar-refractivity contribution >= 4 is 51.9 Å². The van der Waals surface area contributed by atoms with Gasteiger partial charge in [-0.25, -0.2) is 0 Å².